The summed E-state index contributed by atoms with van der Waals surface area (Å²) in [5.41, 5.74) is 2.72. The molecule has 0 fully saturated rings. The van der Waals surface area contributed by atoms with Gasteiger partial charge in [-0.15, -0.1) is 0 Å². The highest BCUT2D eigenvalue weighted by Crippen LogP contribution is 1.95. The number of hydrogen-bond acceptors (Lipinski definition) is 3. The Morgan fingerprint density at radius 3 is 2.27 bits per heavy atom. The Morgan fingerprint density at radius 1 is 1.36 bits per heavy atom. The molecule has 0 saturated heterocycles. The van der Waals surface area contributed by atoms with Crippen molar-refractivity contribution in [1.82, 2.24) is 5.48 Å². The number of hydrogen-bond donors (Lipinski definition) is 1. The van der Waals surface area contributed by atoms with Crippen LogP contribution in [0.25, 0.3) is 0 Å². The van der Waals surface area contributed by atoms with E-state index in [9.17, 15) is 4.79 Å². The first kappa shape index (κ1) is 10.4. The molecule has 66 valence electrons. The molecule has 0 rings (SSSR count). The van der Waals surface area contributed by atoms with Crippen molar-refractivity contribution in [3.05, 3.63) is 0 Å². The van der Waals surface area contributed by atoms with Gasteiger partial charge in [0.05, 0.1) is 0 Å². The van der Waals surface area contributed by atoms with Gasteiger partial charge in [0.25, 0.3) is 0 Å². The quantitative estimate of drug-likeness (QED) is 0.620. The zero-order chi connectivity index (χ0) is 8.69. The van der Waals surface area contributed by atoms with E-state index in [0.29, 0.717) is 12.5 Å². The van der Waals surface area contributed by atoms with Crippen LogP contribution in [0.15, 0.2) is 0 Å². The Kier molecular flexibility index (Phi) is 5.84. The number of rotatable bonds is 5. The van der Waals surface area contributed by atoms with Crippen LogP contribution in [0, 0.1) is 0 Å². The van der Waals surface area contributed by atoms with Crippen molar-refractivity contribution in [2.75, 3.05) is 0 Å². The Balaban J connectivity index is 3.42. The second kappa shape index (κ2) is 6.16. The Morgan fingerprint density at radius 2 is 1.91 bits per heavy atom. The molecule has 0 amide bonds. The number of carbonyl (C=O) groups is 1. The first-order chi connectivity index (χ1) is 5.24. The average Bonchev–Trinajstić information content (AvgIpc) is 2.06. The molecule has 0 aromatic carbocycles. The summed E-state index contributed by atoms with van der Waals surface area (Å²) in [4.78, 5) is 15.4. The van der Waals surface area contributed by atoms with Gasteiger partial charge in [-0.25, -0.2) is 0 Å². The summed E-state index contributed by atoms with van der Waals surface area (Å²) in [5, 5.41) is 0. The average molecular weight is 159 g/mol. The van der Waals surface area contributed by atoms with Gasteiger partial charge in [0, 0.05) is 12.5 Å². The van der Waals surface area contributed by atoms with Crippen molar-refractivity contribution < 1.29 is 9.63 Å². The summed E-state index contributed by atoms with van der Waals surface area (Å²) in [6, 6.07) is 0.297. The van der Waals surface area contributed by atoms with E-state index < -0.39 is 0 Å². The predicted molar refractivity (Wildman–Crippen MR) is 43.9 cm³/mol. The smallest absolute Gasteiger partial charge is 0.324 e. The third kappa shape index (κ3) is 4.79. The second-order valence-corrected chi connectivity index (χ2v) is 2.46. The zero-order valence-electron chi connectivity index (χ0n) is 7.52. The van der Waals surface area contributed by atoms with Crippen LogP contribution < -0.4 is 5.48 Å². The Hall–Kier alpha value is -0.570. The van der Waals surface area contributed by atoms with Gasteiger partial charge < -0.3 is 4.84 Å². The summed E-state index contributed by atoms with van der Waals surface area (Å²) in [5.74, 6) is -0.197. The van der Waals surface area contributed by atoms with Gasteiger partial charge in [0.2, 0.25) is 0 Å². The van der Waals surface area contributed by atoms with Crippen LogP contribution in [0.3, 0.4) is 0 Å². The fraction of sp³-hybridized carbons (Fsp3) is 0.875. The van der Waals surface area contributed by atoms with Crippen LogP contribution >= 0.6 is 0 Å². The maximum atomic E-state index is 10.7. The van der Waals surface area contributed by atoms with Crippen LogP contribution in [-0.2, 0) is 9.63 Å². The molecule has 0 aromatic heterocycles. The topological polar surface area (TPSA) is 38.3 Å². The summed E-state index contributed by atoms with van der Waals surface area (Å²) in [6.07, 6.45) is 2.38. The van der Waals surface area contributed by atoms with E-state index in [1.165, 1.54) is 0 Å². The van der Waals surface area contributed by atoms with Crippen LogP contribution in [0.2, 0.25) is 0 Å². The van der Waals surface area contributed by atoms with Gasteiger partial charge in [0.1, 0.15) is 0 Å². The lowest BCUT2D eigenvalue weighted by Crippen LogP contribution is -2.30. The largest absolute Gasteiger partial charge is 0.370 e. The standard InChI is InChI=1S/C8H17NO2/c1-4-7(5-2)9-11-8(10)6-3/h7,9H,4-6H2,1-3H3. The molecular formula is C8H17NO2. The van der Waals surface area contributed by atoms with Crippen molar-refractivity contribution in [3.8, 4) is 0 Å². The maximum Gasteiger partial charge on any atom is 0.324 e. The van der Waals surface area contributed by atoms with E-state index in [4.69, 9.17) is 4.84 Å². The molecule has 0 bridgehead atoms. The SMILES string of the molecule is CCC(=O)ONC(CC)CC. The number of carbonyl (C=O) groups excluding carboxylic acids is 1. The van der Waals surface area contributed by atoms with Crippen LogP contribution in [-0.4, -0.2) is 12.0 Å². The zero-order valence-corrected chi connectivity index (χ0v) is 7.52. The van der Waals surface area contributed by atoms with E-state index in [1.807, 2.05) is 0 Å². The molecule has 0 radical (unpaired) electrons. The van der Waals surface area contributed by atoms with Crippen molar-refractivity contribution in [3.63, 3.8) is 0 Å². The molecule has 0 unspecified atom stereocenters. The molecule has 0 atom stereocenters. The van der Waals surface area contributed by atoms with Gasteiger partial charge in [-0.2, -0.15) is 5.48 Å². The molecule has 0 aromatic rings. The van der Waals surface area contributed by atoms with E-state index >= 15 is 0 Å². The van der Waals surface area contributed by atoms with Crippen LogP contribution in [0.4, 0.5) is 0 Å². The van der Waals surface area contributed by atoms with Gasteiger partial charge in [-0.1, -0.05) is 20.8 Å². The van der Waals surface area contributed by atoms with Crippen LogP contribution in [0.1, 0.15) is 40.0 Å². The van der Waals surface area contributed by atoms with E-state index in [0.717, 1.165) is 12.8 Å². The van der Waals surface area contributed by atoms with Gasteiger partial charge in [-0.3, -0.25) is 4.79 Å². The second-order valence-electron chi connectivity index (χ2n) is 2.46. The number of nitrogens with one attached hydrogen (secondary N) is 1. The van der Waals surface area contributed by atoms with Gasteiger partial charge >= 0.3 is 5.97 Å². The lowest BCUT2D eigenvalue weighted by molar-refractivity contribution is -0.152. The molecule has 0 heterocycles. The summed E-state index contributed by atoms with van der Waals surface area (Å²) in [6.45, 7) is 5.89. The Bertz CT molecular complexity index is 111. The number of hydroxylamine groups is 1. The van der Waals surface area contributed by atoms with Crippen LogP contribution in [0.5, 0.6) is 0 Å². The molecule has 1 N–H and O–H groups in total. The molecule has 0 aliphatic rings. The molecule has 3 heteroatoms. The summed E-state index contributed by atoms with van der Waals surface area (Å²) in [7, 11) is 0. The highest BCUT2D eigenvalue weighted by Gasteiger charge is 2.04. The van der Waals surface area contributed by atoms with Gasteiger partial charge in [-0.05, 0) is 12.8 Å². The highest BCUT2D eigenvalue weighted by molar-refractivity contribution is 5.68. The maximum absolute atomic E-state index is 10.7. The van der Waals surface area contributed by atoms with Crippen molar-refractivity contribution >= 4 is 5.97 Å². The van der Waals surface area contributed by atoms with Gasteiger partial charge in [0.15, 0.2) is 0 Å². The lowest BCUT2D eigenvalue weighted by Gasteiger charge is -2.12. The van der Waals surface area contributed by atoms with Crippen molar-refractivity contribution in [2.24, 2.45) is 0 Å². The first-order valence-electron chi connectivity index (χ1n) is 4.19. The predicted octanol–water partition coefficient (Wildman–Crippen LogP) is 1.63. The highest BCUT2D eigenvalue weighted by atomic mass is 16.7. The summed E-state index contributed by atoms with van der Waals surface area (Å²) < 4.78 is 0. The molecule has 11 heavy (non-hydrogen) atoms. The first-order valence-corrected chi connectivity index (χ1v) is 4.19. The van der Waals surface area contributed by atoms with E-state index in [2.05, 4.69) is 19.3 Å². The third-order valence-corrected chi connectivity index (χ3v) is 1.61. The molecule has 0 spiro atoms. The van der Waals surface area contributed by atoms with E-state index in [-0.39, 0.29) is 5.97 Å². The minimum atomic E-state index is -0.197. The van der Waals surface area contributed by atoms with Crippen molar-refractivity contribution in [2.45, 2.75) is 46.1 Å². The molecule has 0 saturated carbocycles. The minimum absolute atomic E-state index is 0.197. The fourth-order valence-electron chi connectivity index (χ4n) is 0.677. The molecular weight excluding hydrogens is 142 g/mol. The monoisotopic (exact) mass is 159 g/mol. The molecule has 0 aliphatic heterocycles. The molecule has 0 aliphatic carbocycles. The lowest BCUT2D eigenvalue weighted by atomic mass is 10.2. The van der Waals surface area contributed by atoms with E-state index in [1.54, 1.807) is 6.92 Å². The minimum Gasteiger partial charge on any atom is -0.370 e. The molecule has 3 nitrogen and oxygen atoms in total. The Labute approximate surface area is 68.1 Å². The summed E-state index contributed by atoms with van der Waals surface area (Å²) >= 11 is 0. The van der Waals surface area contributed by atoms with Crippen molar-refractivity contribution in [1.29, 1.82) is 0 Å². The third-order valence-electron chi connectivity index (χ3n) is 1.61. The normalized spacial score (nSPS) is 10.2. The fourth-order valence-corrected chi connectivity index (χ4v) is 0.677.